The number of aromatic nitrogens is 4. The second kappa shape index (κ2) is 14.6. The molecule has 46 heavy (non-hydrogen) atoms. The van der Waals surface area contributed by atoms with Crippen LogP contribution in [0.4, 0.5) is 15.9 Å². The van der Waals surface area contributed by atoms with Crippen LogP contribution in [0.2, 0.25) is 5.02 Å². The standard InChI is InChI=1S/C24H17ClFN5OS.C10H19NO2/c25-18-9-15(4-7-20(18)32-11-13-2-1-3-14(26)8-13)30-23-21-16-5-6-19-17(10-29-31-19)22(16)33-24(21)28-12-27-23;1-9(12)11-7-3-2-5-10(13)6-4-8-11/h1-4,7-10,12H,5-6,11H2,(H,29,31)(H,27,28,30);10,13H,2-8H2,1H3. The highest BCUT2D eigenvalue weighted by Gasteiger charge is 2.25. The van der Waals surface area contributed by atoms with Crippen LogP contribution < -0.4 is 10.1 Å². The van der Waals surface area contributed by atoms with Crippen LogP contribution in [0.25, 0.3) is 20.7 Å². The van der Waals surface area contributed by atoms with E-state index in [9.17, 15) is 14.3 Å². The largest absolute Gasteiger partial charge is 0.487 e. The monoisotopic (exact) mass is 662 g/mol. The molecule has 12 heteroatoms. The van der Waals surface area contributed by atoms with Crippen LogP contribution in [0.3, 0.4) is 0 Å². The number of aromatic amines is 1. The number of amides is 1. The predicted octanol–water partition coefficient (Wildman–Crippen LogP) is 7.46. The van der Waals surface area contributed by atoms with Crippen molar-refractivity contribution in [2.75, 3.05) is 18.4 Å². The summed E-state index contributed by atoms with van der Waals surface area (Å²) in [5.41, 5.74) is 5.08. The SMILES string of the molecule is CC(=O)N1CCCCC(O)CCC1.Fc1cccc(COc2ccc(Nc3ncnc4sc5c(c34)CCc3[nH]ncc3-5)cc2Cl)c1. The Bertz CT molecular complexity index is 1830. The molecule has 4 heterocycles. The molecule has 2 aromatic carbocycles. The molecule has 1 fully saturated rings. The highest BCUT2D eigenvalue weighted by molar-refractivity contribution is 7.22. The first kappa shape index (κ1) is 31.9. The number of benzene rings is 2. The van der Waals surface area contributed by atoms with Crippen molar-refractivity contribution in [1.29, 1.82) is 0 Å². The van der Waals surface area contributed by atoms with Crippen molar-refractivity contribution in [3.8, 4) is 16.2 Å². The van der Waals surface area contributed by atoms with Crippen molar-refractivity contribution >= 4 is 50.6 Å². The Balaban J connectivity index is 0.000000242. The molecule has 0 saturated carbocycles. The summed E-state index contributed by atoms with van der Waals surface area (Å²) in [5, 5.41) is 21.6. The number of hydrogen-bond acceptors (Lipinski definition) is 8. The Hall–Kier alpha value is -4.06. The number of rotatable bonds is 5. The van der Waals surface area contributed by atoms with Gasteiger partial charge in [-0.25, -0.2) is 14.4 Å². The molecule has 1 atom stereocenters. The van der Waals surface area contributed by atoms with E-state index >= 15 is 0 Å². The van der Waals surface area contributed by atoms with E-state index in [0.717, 1.165) is 96.6 Å². The van der Waals surface area contributed by atoms with Gasteiger partial charge in [-0.05, 0) is 86.4 Å². The molecule has 5 aromatic rings. The fourth-order valence-corrected chi connectivity index (χ4v) is 7.35. The van der Waals surface area contributed by atoms with Crippen molar-refractivity contribution in [2.45, 2.75) is 64.6 Å². The zero-order valence-corrected chi connectivity index (χ0v) is 27.1. The smallest absolute Gasteiger partial charge is 0.219 e. The third-order valence-corrected chi connectivity index (χ3v) is 9.75. The number of aliphatic hydroxyl groups excluding tert-OH is 1. The predicted molar refractivity (Wildman–Crippen MR) is 179 cm³/mol. The number of carbonyl (C=O) groups excluding carboxylic acids is 1. The summed E-state index contributed by atoms with van der Waals surface area (Å²) < 4.78 is 19.2. The molecule has 2 aliphatic rings. The lowest BCUT2D eigenvalue weighted by Crippen LogP contribution is -2.30. The van der Waals surface area contributed by atoms with Gasteiger partial charge in [0, 0.05) is 41.8 Å². The van der Waals surface area contributed by atoms with Gasteiger partial charge in [-0.3, -0.25) is 9.89 Å². The summed E-state index contributed by atoms with van der Waals surface area (Å²) in [4.78, 5) is 24.2. The Labute approximate surface area is 275 Å². The van der Waals surface area contributed by atoms with Crippen LogP contribution in [0, 0.1) is 5.82 Å². The van der Waals surface area contributed by atoms with E-state index in [0.29, 0.717) is 10.8 Å². The number of thiophene rings is 1. The second-order valence-corrected chi connectivity index (χ2v) is 13.0. The molecular weight excluding hydrogens is 627 g/mol. The molecule has 3 aromatic heterocycles. The van der Waals surface area contributed by atoms with E-state index in [-0.39, 0.29) is 24.4 Å². The third kappa shape index (κ3) is 7.49. The third-order valence-electron chi connectivity index (χ3n) is 8.28. The Morgan fingerprint density at radius 3 is 2.83 bits per heavy atom. The van der Waals surface area contributed by atoms with Gasteiger partial charge in [-0.2, -0.15) is 5.10 Å². The number of aryl methyl sites for hydroxylation is 2. The zero-order valence-electron chi connectivity index (χ0n) is 25.6. The van der Waals surface area contributed by atoms with Gasteiger partial charge in [-0.1, -0.05) is 23.7 Å². The quantitative estimate of drug-likeness (QED) is 0.179. The van der Waals surface area contributed by atoms with Crippen LogP contribution in [-0.4, -0.2) is 55.3 Å². The number of ether oxygens (including phenoxy) is 1. The number of anilines is 2. The molecule has 0 bridgehead atoms. The van der Waals surface area contributed by atoms with Gasteiger partial charge in [0.25, 0.3) is 0 Å². The molecule has 0 radical (unpaired) electrons. The Morgan fingerprint density at radius 1 is 1.15 bits per heavy atom. The first-order valence-corrected chi connectivity index (χ1v) is 16.7. The lowest BCUT2D eigenvalue weighted by Gasteiger charge is -2.19. The normalized spacial score (nSPS) is 16.3. The number of H-pyrrole nitrogens is 1. The van der Waals surface area contributed by atoms with Gasteiger partial charge in [0.15, 0.2) is 0 Å². The van der Waals surface area contributed by atoms with Gasteiger partial charge in [-0.15, -0.1) is 11.3 Å². The number of aliphatic hydroxyl groups is 1. The van der Waals surface area contributed by atoms with Crippen molar-refractivity contribution < 1.29 is 19.0 Å². The molecule has 3 N–H and O–H groups in total. The number of carbonyl (C=O) groups is 1. The zero-order chi connectivity index (χ0) is 32.0. The van der Waals surface area contributed by atoms with E-state index in [4.69, 9.17) is 16.3 Å². The molecule has 0 spiro atoms. The van der Waals surface area contributed by atoms with Crippen molar-refractivity contribution in [3.63, 3.8) is 0 Å². The lowest BCUT2D eigenvalue weighted by molar-refractivity contribution is -0.129. The van der Waals surface area contributed by atoms with Crippen LogP contribution in [-0.2, 0) is 24.2 Å². The van der Waals surface area contributed by atoms with Gasteiger partial charge in [0.05, 0.1) is 22.7 Å². The maximum absolute atomic E-state index is 13.4. The fraction of sp³-hybridized carbons (Fsp3) is 0.353. The summed E-state index contributed by atoms with van der Waals surface area (Å²) in [7, 11) is 0. The van der Waals surface area contributed by atoms with Crippen LogP contribution >= 0.6 is 22.9 Å². The van der Waals surface area contributed by atoms with E-state index in [1.807, 2.05) is 17.2 Å². The summed E-state index contributed by atoms with van der Waals surface area (Å²) in [6.07, 6.45) is 9.84. The van der Waals surface area contributed by atoms with Crippen LogP contribution in [0.5, 0.6) is 5.75 Å². The summed E-state index contributed by atoms with van der Waals surface area (Å²) in [6.45, 7) is 3.52. The van der Waals surface area contributed by atoms with Gasteiger partial charge in [0.1, 0.15) is 35.1 Å². The number of hydrogen-bond donors (Lipinski definition) is 3. The average Bonchev–Trinajstić information content (AvgIpc) is 3.69. The van der Waals surface area contributed by atoms with Crippen LogP contribution in [0.1, 0.15) is 55.8 Å². The molecule has 9 nitrogen and oxygen atoms in total. The second-order valence-electron chi connectivity index (χ2n) is 11.6. The topological polar surface area (TPSA) is 116 Å². The molecule has 1 unspecified atom stereocenters. The Morgan fingerprint density at radius 2 is 2.00 bits per heavy atom. The highest BCUT2D eigenvalue weighted by Crippen LogP contribution is 2.45. The van der Waals surface area contributed by atoms with Crippen molar-refractivity contribution in [2.24, 2.45) is 0 Å². The minimum Gasteiger partial charge on any atom is -0.487 e. The maximum Gasteiger partial charge on any atom is 0.219 e. The average molecular weight is 663 g/mol. The maximum atomic E-state index is 13.4. The molecule has 1 amide bonds. The van der Waals surface area contributed by atoms with Gasteiger partial charge in [0.2, 0.25) is 5.91 Å². The number of nitrogens with one attached hydrogen (secondary N) is 2. The summed E-state index contributed by atoms with van der Waals surface area (Å²) >= 11 is 8.13. The fourth-order valence-electron chi connectivity index (χ4n) is 5.88. The first-order valence-electron chi connectivity index (χ1n) is 15.5. The number of fused-ring (bicyclic) bond motifs is 5. The lowest BCUT2D eigenvalue weighted by atomic mass is 9.95. The van der Waals surface area contributed by atoms with E-state index < -0.39 is 0 Å². The number of halogens is 2. The van der Waals surface area contributed by atoms with Crippen molar-refractivity contribution in [3.05, 3.63) is 82.6 Å². The molecular formula is C34H36ClFN6O3S. The minimum absolute atomic E-state index is 0.146. The van der Waals surface area contributed by atoms with Crippen LogP contribution in [0.15, 0.2) is 55.0 Å². The van der Waals surface area contributed by atoms with E-state index in [1.54, 1.807) is 48.9 Å². The van der Waals surface area contributed by atoms with E-state index in [1.165, 1.54) is 22.6 Å². The van der Waals surface area contributed by atoms with E-state index in [2.05, 4.69) is 25.5 Å². The number of nitrogens with zero attached hydrogens (tertiary/aromatic N) is 4. The highest BCUT2D eigenvalue weighted by atomic mass is 35.5. The first-order chi connectivity index (χ1) is 22.4. The Kier molecular flexibility index (Phi) is 10.1. The van der Waals surface area contributed by atoms with Crippen molar-refractivity contribution in [1.82, 2.24) is 25.1 Å². The molecule has 1 aliphatic carbocycles. The van der Waals surface area contributed by atoms with Gasteiger partial charge >= 0.3 is 0 Å². The van der Waals surface area contributed by atoms with Gasteiger partial charge < -0.3 is 20.1 Å². The molecule has 240 valence electrons. The molecule has 7 rings (SSSR count). The molecule has 1 saturated heterocycles. The minimum atomic E-state index is -0.294. The summed E-state index contributed by atoms with van der Waals surface area (Å²) in [5.74, 6) is 1.14. The molecule has 1 aliphatic heterocycles. The summed E-state index contributed by atoms with van der Waals surface area (Å²) in [6, 6.07) is 11.8.